The summed E-state index contributed by atoms with van der Waals surface area (Å²) in [7, 11) is 1.55. The number of ether oxygens (including phenoxy) is 1. The molecule has 92 valence electrons. The second-order valence-electron chi connectivity index (χ2n) is 3.85. The fourth-order valence-corrected chi connectivity index (χ4v) is 1.77. The minimum absolute atomic E-state index is 0.242. The molecule has 0 fully saturated rings. The van der Waals surface area contributed by atoms with Gasteiger partial charge in [0.1, 0.15) is 5.75 Å². The minimum atomic E-state index is -0.953. The SMILES string of the molecule is COc1cc(N)ccc1-c1cccc(C(=O)O)c1. The van der Waals surface area contributed by atoms with Gasteiger partial charge in [0, 0.05) is 17.3 Å². The van der Waals surface area contributed by atoms with Crippen molar-refractivity contribution in [1.82, 2.24) is 0 Å². The van der Waals surface area contributed by atoms with Gasteiger partial charge in [-0.05, 0) is 29.8 Å². The fraction of sp³-hybridized carbons (Fsp3) is 0.0714. The van der Waals surface area contributed by atoms with Crippen LogP contribution in [0.1, 0.15) is 10.4 Å². The number of carbonyl (C=O) groups is 1. The highest BCUT2D eigenvalue weighted by molar-refractivity contribution is 5.90. The maximum absolute atomic E-state index is 10.9. The molecular weight excluding hydrogens is 230 g/mol. The van der Waals surface area contributed by atoms with Crippen molar-refractivity contribution in [3.8, 4) is 16.9 Å². The van der Waals surface area contributed by atoms with Crippen molar-refractivity contribution >= 4 is 11.7 Å². The number of rotatable bonds is 3. The normalized spacial score (nSPS) is 10.1. The molecule has 18 heavy (non-hydrogen) atoms. The van der Waals surface area contributed by atoms with Crippen LogP contribution in [0.15, 0.2) is 42.5 Å². The molecule has 0 aliphatic carbocycles. The number of methoxy groups -OCH3 is 1. The van der Waals surface area contributed by atoms with Gasteiger partial charge in [0.25, 0.3) is 0 Å². The van der Waals surface area contributed by atoms with E-state index in [1.807, 2.05) is 12.1 Å². The van der Waals surface area contributed by atoms with Gasteiger partial charge in [0.2, 0.25) is 0 Å². The van der Waals surface area contributed by atoms with Crippen molar-refractivity contribution in [2.24, 2.45) is 0 Å². The first-order chi connectivity index (χ1) is 8.61. The van der Waals surface area contributed by atoms with Gasteiger partial charge in [-0.15, -0.1) is 0 Å². The molecule has 0 atom stereocenters. The monoisotopic (exact) mass is 243 g/mol. The first kappa shape index (κ1) is 12.0. The lowest BCUT2D eigenvalue weighted by Gasteiger charge is -2.10. The van der Waals surface area contributed by atoms with Gasteiger partial charge < -0.3 is 15.6 Å². The van der Waals surface area contributed by atoms with Crippen LogP contribution in [0.2, 0.25) is 0 Å². The van der Waals surface area contributed by atoms with Gasteiger partial charge in [-0.2, -0.15) is 0 Å². The molecule has 0 bridgehead atoms. The second kappa shape index (κ2) is 4.79. The van der Waals surface area contributed by atoms with Crippen LogP contribution in [-0.4, -0.2) is 18.2 Å². The Morgan fingerprint density at radius 3 is 2.67 bits per heavy atom. The molecule has 0 aliphatic rings. The molecule has 4 heteroatoms. The summed E-state index contributed by atoms with van der Waals surface area (Å²) in [5.41, 5.74) is 8.13. The molecule has 0 heterocycles. The number of anilines is 1. The zero-order valence-electron chi connectivity index (χ0n) is 9.88. The van der Waals surface area contributed by atoms with Crippen molar-refractivity contribution in [2.75, 3.05) is 12.8 Å². The van der Waals surface area contributed by atoms with Crippen LogP contribution in [-0.2, 0) is 0 Å². The molecule has 0 amide bonds. The van der Waals surface area contributed by atoms with Crippen molar-refractivity contribution in [3.63, 3.8) is 0 Å². The van der Waals surface area contributed by atoms with Gasteiger partial charge >= 0.3 is 5.97 Å². The molecule has 0 saturated heterocycles. The lowest BCUT2D eigenvalue weighted by Crippen LogP contribution is -1.96. The van der Waals surface area contributed by atoms with E-state index in [2.05, 4.69) is 0 Å². The molecular formula is C14H13NO3. The van der Waals surface area contributed by atoms with Crippen LogP contribution in [0.5, 0.6) is 5.75 Å². The molecule has 2 rings (SSSR count). The van der Waals surface area contributed by atoms with E-state index in [0.29, 0.717) is 11.4 Å². The van der Waals surface area contributed by atoms with E-state index in [1.54, 1.807) is 37.4 Å². The predicted octanol–water partition coefficient (Wildman–Crippen LogP) is 2.64. The third-order valence-electron chi connectivity index (χ3n) is 2.65. The predicted molar refractivity (Wildman–Crippen MR) is 69.8 cm³/mol. The summed E-state index contributed by atoms with van der Waals surface area (Å²) in [5, 5.41) is 8.98. The van der Waals surface area contributed by atoms with E-state index < -0.39 is 5.97 Å². The average Bonchev–Trinajstić information content (AvgIpc) is 2.38. The first-order valence-corrected chi connectivity index (χ1v) is 5.39. The number of aromatic carboxylic acids is 1. The summed E-state index contributed by atoms with van der Waals surface area (Å²) in [6.07, 6.45) is 0. The largest absolute Gasteiger partial charge is 0.496 e. The second-order valence-corrected chi connectivity index (χ2v) is 3.85. The summed E-state index contributed by atoms with van der Waals surface area (Å²) in [6, 6.07) is 12.0. The van der Waals surface area contributed by atoms with Crippen LogP contribution < -0.4 is 10.5 Å². The van der Waals surface area contributed by atoms with E-state index in [-0.39, 0.29) is 5.56 Å². The molecule has 2 aromatic carbocycles. The number of hydrogen-bond acceptors (Lipinski definition) is 3. The number of benzene rings is 2. The topological polar surface area (TPSA) is 72.5 Å². The van der Waals surface area contributed by atoms with E-state index in [4.69, 9.17) is 15.6 Å². The maximum atomic E-state index is 10.9. The molecule has 0 unspecified atom stereocenters. The minimum Gasteiger partial charge on any atom is -0.496 e. The average molecular weight is 243 g/mol. The number of nitrogens with two attached hydrogens (primary N) is 1. The molecule has 0 saturated carbocycles. The van der Waals surface area contributed by atoms with Gasteiger partial charge in [-0.1, -0.05) is 12.1 Å². The summed E-state index contributed by atoms with van der Waals surface area (Å²) < 4.78 is 5.25. The third kappa shape index (κ3) is 2.27. The zero-order valence-corrected chi connectivity index (χ0v) is 9.88. The number of nitrogen functional groups attached to an aromatic ring is 1. The summed E-state index contributed by atoms with van der Waals surface area (Å²) in [6.45, 7) is 0. The van der Waals surface area contributed by atoms with Crippen molar-refractivity contribution < 1.29 is 14.6 Å². The van der Waals surface area contributed by atoms with Crippen LogP contribution in [0.4, 0.5) is 5.69 Å². The molecule has 3 N–H and O–H groups in total. The number of hydrogen-bond donors (Lipinski definition) is 2. The van der Waals surface area contributed by atoms with Crippen molar-refractivity contribution in [3.05, 3.63) is 48.0 Å². The van der Waals surface area contributed by atoms with E-state index in [9.17, 15) is 4.79 Å². The highest BCUT2D eigenvalue weighted by atomic mass is 16.5. The fourth-order valence-electron chi connectivity index (χ4n) is 1.77. The standard InChI is InChI=1S/C14H13NO3/c1-18-13-8-11(15)5-6-12(13)9-3-2-4-10(7-9)14(16)17/h2-8H,15H2,1H3,(H,16,17). The van der Waals surface area contributed by atoms with Gasteiger partial charge in [0.15, 0.2) is 0 Å². The van der Waals surface area contributed by atoms with Crippen molar-refractivity contribution in [2.45, 2.75) is 0 Å². The third-order valence-corrected chi connectivity index (χ3v) is 2.65. The Hall–Kier alpha value is -2.49. The highest BCUT2D eigenvalue weighted by Gasteiger charge is 2.09. The lowest BCUT2D eigenvalue weighted by molar-refractivity contribution is 0.0697. The van der Waals surface area contributed by atoms with Gasteiger partial charge in [0.05, 0.1) is 12.7 Å². The van der Waals surface area contributed by atoms with Crippen LogP contribution in [0, 0.1) is 0 Å². The van der Waals surface area contributed by atoms with Crippen LogP contribution >= 0.6 is 0 Å². The Labute approximate surface area is 105 Å². The van der Waals surface area contributed by atoms with Gasteiger partial charge in [-0.25, -0.2) is 4.79 Å². The molecule has 0 spiro atoms. The number of carboxylic acid groups (broad SMARTS) is 1. The molecule has 4 nitrogen and oxygen atoms in total. The highest BCUT2D eigenvalue weighted by Crippen LogP contribution is 2.31. The Morgan fingerprint density at radius 2 is 2.00 bits per heavy atom. The quantitative estimate of drug-likeness (QED) is 0.813. The Morgan fingerprint density at radius 1 is 1.22 bits per heavy atom. The van der Waals surface area contributed by atoms with Crippen LogP contribution in [0.3, 0.4) is 0 Å². The van der Waals surface area contributed by atoms with E-state index in [0.717, 1.165) is 11.1 Å². The number of carboxylic acids is 1. The van der Waals surface area contributed by atoms with Crippen molar-refractivity contribution in [1.29, 1.82) is 0 Å². The summed E-state index contributed by atoms with van der Waals surface area (Å²) in [5.74, 6) is -0.330. The molecule has 0 radical (unpaired) electrons. The lowest BCUT2D eigenvalue weighted by atomic mass is 10.0. The maximum Gasteiger partial charge on any atom is 0.335 e. The Bertz CT molecular complexity index is 593. The van der Waals surface area contributed by atoms with E-state index in [1.165, 1.54) is 0 Å². The van der Waals surface area contributed by atoms with E-state index >= 15 is 0 Å². The molecule has 2 aromatic rings. The molecule has 0 aromatic heterocycles. The Kier molecular flexibility index (Phi) is 3.19. The zero-order chi connectivity index (χ0) is 13.1. The summed E-state index contributed by atoms with van der Waals surface area (Å²) >= 11 is 0. The Balaban J connectivity index is 2.54. The van der Waals surface area contributed by atoms with Gasteiger partial charge in [-0.3, -0.25) is 0 Å². The summed E-state index contributed by atoms with van der Waals surface area (Å²) in [4.78, 5) is 10.9. The van der Waals surface area contributed by atoms with Crippen LogP contribution in [0.25, 0.3) is 11.1 Å². The first-order valence-electron chi connectivity index (χ1n) is 5.39. The molecule has 0 aliphatic heterocycles. The smallest absolute Gasteiger partial charge is 0.335 e.